The van der Waals surface area contributed by atoms with Gasteiger partial charge in [0.05, 0.1) is 11.2 Å². The molecule has 0 saturated carbocycles. The number of carbonyl (C=O) groups excluding carboxylic acids is 1. The average molecular weight is 191 g/mol. The summed E-state index contributed by atoms with van der Waals surface area (Å²) in [5, 5.41) is 4.08. The molecule has 0 spiro atoms. The normalized spacial score (nSPS) is 17.1. The molecule has 0 bridgehead atoms. The highest BCUT2D eigenvalue weighted by Gasteiger charge is 2.11. The van der Waals surface area contributed by atoms with Crippen LogP contribution in [-0.2, 0) is 4.74 Å². The summed E-state index contributed by atoms with van der Waals surface area (Å²) in [6.07, 6.45) is 0.164. The number of nitrogens with two attached hydrogens (primary N) is 1. The first kappa shape index (κ1) is 8.80. The van der Waals surface area contributed by atoms with Crippen LogP contribution in [0.1, 0.15) is 6.42 Å². The summed E-state index contributed by atoms with van der Waals surface area (Å²) in [6, 6.07) is 0. The summed E-state index contributed by atoms with van der Waals surface area (Å²) in [5.74, 6) is 0. The van der Waals surface area contributed by atoms with Crippen molar-refractivity contribution in [2.45, 2.75) is 11.0 Å². The standard InChI is InChI=1S/C6H9NO2S2/c7-6(8)9-2-1-5-10-3-4-11-5/h3-5H,1-2H2,(H2,7,8). The molecule has 1 rings (SSSR count). The Morgan fingerprint density at radius 2 is 2.18 bits per heavy atom. The monoisotopic (exact) mass is 191 g/mol. The zero-order valence-corrected chi connectivity index (χ0v) is 7.49. The first-order valence-corrected chi connectivity index (χ1v) is 5.06. The molecule has 3 nitrogen and oxygen atoms in total. The van der Waals surface area contributed by atoms with E-state index in [0.717, 1.165) is 6.42 Å². The smallest absolute Gasteiger partial charge is 0.404 e. The Labute approximate surface area is 73.7 Å². The Kier molecular flexibility index (Phi) is 3.65. The third-order valence-electron chi connectivity index (χ3n) is 1.11. The van der Waals surface area contributed by atoms with Crippen molar-refractivity contribution in [3.05, 3.63) is 10.8 Å². The third kappa shape index (κ3) is 3.57. The molecule has 62 valence electrons. The maximum absolute atomic E-state index is 10.1. The van der Waals surface area contributed by atoms with Crippen LogP contribution in [0.25, 0.3) is 0 Å². The number of hydrogen-bond acceptors (Lipinski definition) is 4. The van der Waals surface area contributed by atoms with Crippen molar-refractivity contribution in [3.63, 3.8) is 0 Å². The number of rotatable bonds is 3. The van der Waals surface area contributed by atoms with E-state index >= 15 is 0 Å². The summed E-state index contributed by atoms with van der Waals surface area (Å²) < 4.78 is 5.08. The fraction of sp³-hybridized carbons (Fsp3) is 0.500. The van der Waals surface area contributed by atoms with E-state index in [9.17, 15) is 4.79 Å². The molecule has 0 aromatic carbocycles. The highest BCUT2D eigenvalue weighted by Crippen LogP contribution is 2.35. The van der Waals surface area contributed by atoms with Gasteiger partial charge in [0.15, 0.2) is 0 Å². The first-order valence-electron chi connectivity index (χ1n) is 3.17. The van der Waals surface area contributed by atoms with Gasteiger partial charge in [0.2, 0.25) is 0 Å². The van der Waals surface area contributed by atoms with Gasteiger partial charge in [-0.3, -0.25) is 0 Å². The molecule has 0 aliphatic carbocycles. The van der Waals surface area contributed by atoms with Crippen molar-refractivity contribution >= 4 is 29.6 Å². The fourth-order valence-corrected chi connectivity index (χ4v) is 2.63. The SMILES string of the molecule is NC(=O)OCCC1SC=CS1. The van der Waals surface area contributed by atoms with E-state index in [0.29, 0.717) is 11.2 Å². The maximum atomic E-state index is 10.1. The topological polar surface area (TPSA) is 52.3 Å². The lowest BCUT2D eigenvalue weighted by Gasteiger charge is -2.06. The second kappa shape index (κ2) is 4.56. The summed E-state index contributed by atoms with van der Waals surface area (Å²) in [7, 11) is 0. The van der Waals surface area contributed by atoms with Gasteiger partial charge in [-0.1, -0.05) is 0 Å². The fourth-order valence-electron chi connectivity index (χ4n) is 0.663. The largest absolute Gasteiger partial charge is 0.450 e. The van der Waals surface area contributed by atoms with Crippen LogP contribution in [0.4, 0.5) is 4.79 Å². The Hall–Kier alpha value is -0.290. The zero-order chi connectivity index (χ0) is 8.10. The second-order valence-corrected chi connectivity index (χ2v) is 4.46. The van der Waals surface area contributed by atoms with Crippen molar-refractivity contribution < 1.29 is 9.53 Å². The number of carbonyl (C=O) groups is 1. The average Bonchev–Trinajstić information content (AvgIpc) is 2.39. The van der Waals surface area contributed by atoms with E-state index in [-0.39, 0.29) is 0 Å². The number of primary amides is 1. The molecule has 0 saturated heterocycles. The molecule has 0 atom stereocenters. The number of ether oxygens (including phenoxy) is 1. The van der Waals surface area contributed by atoms with Gasteiger partial charge in [0.1, 0.15) is 0 Å². The molecule has 1 aliphatic rings. The van der Waals surface area contributed by atoms with Gasteiger partial charge >= 0.3 is 6.09 Å². The van der Waals surface area contributed by atoms with E-state index in [1.54, 1.807) is 23.5 Å². The van der Waals surface area contributed by atoms with Crippen LogP contribution in [0.2, 0.25) is 0 Å². The highest BCUT2D eigenvalue weighted by atomic mass is 32.2. The van der Waals surface area contributed by atoms with Gasteiger partial charge in [-0.2, -0.15) is 0 Å². The minimum atomic E-state index is -0.689. The number of hydrogen-bond donors (Lipinski definition) is 1. The van der Waals surface area contributed by atoms with Crippen molar-refractivity contribution in [1.82, 2.24) is 0 Å². The van der Waals surface area contributed by atoms with Crippen LogP contribution >= 0.6 is 23.5 Å². The minimum Gasteiger partial charge on any atom is -0.450 e. The third-order valence-corrected chi connectivity index (χ3v) is 3.62. The molecular weight excluding hydrogens is 182 g/mol. The molecule has 1 aliphatic heterocycles. The lowest BCUT2D eigenvalue weighted by atomic mass is 10.5. The molecule has 1 heterocycles. The van der Waals surface area contributed by atoms with E-state index in [1.807, 2.05) is 10.8 Å². The Morgan fingerprint density at radius 1 is 1.55 bits per heavy atom. The van der Waals surface area contributed by atoms with E-state index in [4.69, 9.17) is 5.73 Å². The second-order valence-electron chi connectivity index (χ2n) is 1.93. The lowest BCUT2D eigenvalue weighted by Crippen LogP contribution is -2.15. The molecule has 11 heavy (non-hydrogen) atoms. The van der Waals surface area contributed by atoms with E-state index in [1.165, 1.54) is 0 Å². The molecule has 0 radical (unpaired) electrons. The maximum Gasteiger partial charge on any atom is 0.404 e. The quantitative estimate of drug-likeness (QED) is 0.738. The van der Waals surface area contributed by atoms with Gasteiger partial charge in [0.25, 0.3) is 0 Å². The minimum absolute atomic E-state index is 0.418. The Balaban J connectivity index is 1.99. The summed E-state index contributed by atoms with van der Waals surface area (Å²) >= 11 is 3.49. The van der Waals surface area contributed by atoms with Crippen LogP contribution in [-0.4, -0.2) is 17.3 Å². The van der Waals surface area contributed by atoms with Gasteiger partial charge in [0, 0.05) is 6.42 Å². The van der Waals surface area contributed by atoms with Crippen LogP contribution in [0.3, 0.4) is 0 Å². The van der Waals surface area contributed by atoms with Crippen LogP contribution in [0, 0.1) is 0 Å². The number of thioether (sulfide) groups is 2. The van der Waals surface area contributed by atoms with Crippen LogP contribution in [0.15, 0.2) is 10.8 Å². The Morgan fingerprint density at radius 3 is 2.73 bits per heavy atom. The van der Waals surface area contributed by atoms with Crippen molar-refractivity contribution in [2.24, 2.45) is 5.73 Å². The van der Waals surface area contributed by atoms with Crippen LogP contribution < -0.4 is 5.73 Å². The molecule has 5 heteroatoms. The molecule has 0 fully saturated rings. The number of amides is 1. The lowest BCUT2D eigenvalue weighted by molar-refractivity contribution is 0.157. The molecule has 0 unspecified atom stereocenters. The van der Waals surface area contributed by atoms with Gasteiger partial charge in [-0.15, -0.1) is 23.5 Å². The van der Waals surface area contributed by atoms with Crippen molar-refractivity contribution in [2.75, 3.05) is 6.61 Å². The zero-order valence-electron chi connectivity index (χ0n) is 5.86. The van der Waals surface area contributed by atoms with Gasteiger partial charge in [-0.25, -0.2) is 4.79 Å². The Bertz CT molecular complexity index is 164. The van der Waals surface area contributed by atoms with E-state index in [2.05, 4.69) is 4.74 Å². The van der Waals surface area contributed by atoms with Crippen molar-refractivity contribution in [1.29, 1.82) is 0 Å². The summed E-state index contributed by atoms with van der Waals surface area (Å²) in [4.78, 5) is 10.1. The van der Waals surface area contributed by atoms with Gasteiger partial charge in [-0.05, 0) is 10.8 Å². The molecule has 2 N–H and O–H groups in total. The predicted molar refractivity (Wildman–Crippen MR) is 48.3 cm³/mol. The summed E-state index contributed by atoms with van der Waals surface area (Å²) in [6.45, 7) is 0.418. The molecule has 0 aromatic heterocycles. The van der Waals surface area contributed by atoms with Gasteiger partial charge < -0.3 is 10.5 Å². The summed E-state index contributed by atoms with van der Waals surface area (Å²) in [5.41, 5.74) is 4.79. The molecule has 0 aromatic rings. The van der Waals surface area contributed by atoms with Crippen LogP contribution in [0.5, 0.6) is 0 Å². The molecule has 1 amide bonds. The predicted octanol–water partition coefficient (Wildman–Crippen LogP) is 1.75. The van der Waals surface area contributed by atoms with Crippen molar-refractivity contribution in [3.8, 4) is 0 Å². The van der Waals surface area contributed by atoms with E-state index < -0.39 is 6.09 Å². The first-order chi connectivity index (χ1) is 5.29. The molecular formula is C6H9NO2S2. The highest BCUT2D eigenvalue weighted by molar-refractivity contribution is 8.22.